The van der Waals surface area contributed by atoms with Crippen LogP contribution in [0.15, 0.2) is 48.5 Å². The average Bonchev–Trinajstić information content (AvgIpc) is 2.97. The van der Waals surface area contributed by atoms with Crippen LogP contribution in [0.3, 0.4) is 0 Å². The summed E-state index contributed by atoms with van der Waals surface area (Å²) in [6.45, 7) is 2.17. The third kappa shape index (κ3) is 2.45. The molecule has 1 aromatic heterocycles. The summed E-state index contributed by atoms with van der Waals surface area (Å²) in [6, 6.07) is 16.6. The van der Waals surface area contributed by atoms with E-state index in [1.54, 1.807) is 0 Å². The van der Waals surface area contributed by atoms with Crippen molar-refractivity contribution in [2.75, 3.05) is 20.1 Å². The number of piperidine rings is 1. The van der Waals surface area contributed by atoms with Gasteiger partial charge in [0.2, 0.25) is 0 Å². The lowest BCUT2D eigenvalue weighted by atomic mass is 9.58. The molecular weight excluding hydrogens is 344 g/mol. The molecule has 136 valence electrons. The molecule has 2 aliphatic rings. The number of nitrogens with one attached hydrogen (secondary N) is 1. The number of nitrogens with zero attached hydrogens (tertiary/aromatic N) is 1. The minimum absolute atomic E-state index is 0. The number of H-pyrrole nitrogens is 1. The summed E-state index contributed by atoms with van der Waals surface area (Å²) in [5, 5.41) is 12.0. The van der Waals surface area contributed by atoms with Gasteiger partial charge in [0.25, 0.3) is 0 Å². The molecular formula is C22H25ClN2O. The van der Waals surface area contributed by atoms with Crippen molar-refractivity contribution < 1.29 is 5.11 Å². The Kier molecular flexibility index (Phi) is 4.25. The van der Waals surface area contributed by atoms with Crippen molar-refractivity contribution in [1.82, 2.24) is 9.88 Å². The van der Waals surface area contributed by atoms with Gasteiger partial charge in [0.15, 0.2) is 0 Å². The number of likely N-dealkylation sites (tertiary alicyclic amines) is 1. The average molecular weight is 369 g/mol. The normalized spacial score (nSPS) is 25.3. The molecule has 2 aromatic carbocycles. The highest BCUT2D eigenvalue weighted by Gasteiger charge is 2.48. The molecule has 4 heteroatoms. The fourth-order valence-electron chi connectivity index (χ4n) is 5.28. The first-order chi connectivity index (χ1) is 12.2. The number of halogens is 1. The standard InChI is InChI=1S/C22H24N2O.ClH/c1-24-11-10-22(18-7-3-5-9-21(18)25)13-20-17(12-15(22)14-24)16-6-2-4-8-19(16)23-20;/h2-9,15,23,25H,10-14H2,1H3;1H. The zero-order valence-corrected chi connectivity index (χ0v) is 15.9. The summed E-state index contributed by atoms with van der Waals surface area (Å²) >= 11 is 0. The minimum atomic E-state index is 0. The van der Waals surface area contributed by atoms with Gasteiger partial charge in [0, 0.05) is 34.1 Å². The van der Waals surface area contributed by atoms with Crippen LogP contribution in [-0.4, -0.2) is 35.1 Å². The van der Waals surface area contributed by atoms with Gasteiger partial charge in [-0.25, -0.2) is 0 Å². The van der Waals surface area contributed by atoms with Gasteiger partial charge in [0.05, 0.1) is 0 Å². The predicted octanol–water partition coefficient (Wildman–Crippen LogP) is 4.28. The van der Waals surface area contributed by atoms with Crippen LogP contribution in [0.2, 0.25) is 0 Å². The topological polar surface area (TPSA) is 39.3 Å². The first-order valence-corrected chi connectivity index (χ1v) is 9.23. The lowest BCUT2D eigenvalue weighted by Crippen LogP contribution is -2.52. The number of hydrogen-bond acceptors (Lipinski definition) is 2. The van der Waals surface area contributed by atoms with Crippen molar-refractivity contribution >= 4 is 23.3 Å². The highest BCUT2D eigenvalue weighted by Crippen LogP contribution is 2.50. The number of fused-ring (bicyclic) bond motifs is 4. The van der Waals surface area contributed by atoms with Gasteiger partial charge in [-0.1, -0.05) is 36.4 Å². The second-order valence-electron chi connectivity index (χ2n) is 7.89. The zero-order chi connectivity index (χ0) is 17.0. The number of aromatic hydroxyl groups is 1. The molecule has 2 unspecified atom stereocenters. The monoisotopic (exact) mass is 368 g/mol. The van der Waals surface area contributed by atoms with E-state index in [2.05, 4.69) is 53.3 Å². The molecule has 26 heavy (non-hydrogen) atoms. The van der Waals surface area contributed by atoms with Gasteiger partial charge in [0.1, 0.15) is 5.75 Å². The van der Waals surface area contributed by atoms with Crippen LogP contribution in [0, 0.1) is 5.92 Å². The van der Waals surface area contributed by atoms with Crippen LogP contribution in [0.4, 0.5) is 0 Å². The Hall–Kier alpha value is -1.97. The van der Waals surface area contributed by atoms with Crippen molar-refractivity contribution in [2.45, 2.75) is 24.7 Å². The van der Waals surface area contributed by atoms with E-state index in [0.717, 1.165) is 37.9 Å². The Labute approximate surface area is 160 Å². The van der Waals surface area contributed by atoms with E-state index in [0.29, 0.717) is 11.7 Å². The lowest BCUT2D eigenvalue weighted by molar-refractivity contribution is 0.0975. The van der Waals surface area contributed by atoms with E-state index in [4.69, 9.17) is 0 Å². The SMILES string of the molecule is CN1CCC2(c3ccccc3O)Cc3[nH]c4ccccc4c3CC2C1.Cl. The lowest BCUT2D eigenvalue weighted by Gasteiger charge is -2.50. The smallest absolute Gasteiger partial charge is 0.119 e. The van der Waals surface area contributed by atoms with Crippen LogP contribution in [0.5, 0.6) is 5.75 Å². The molecule has 1 aliphatic heterocycles. The summed E-state index contributed by atoms with van der Waals surface area (Å²) < 4.78 is 0. The second kappa shape index (κ2) is 6.33. The Balaban J connectivity index is 0.00000168. The van der Waals surface area contributed by atoms with Crippen molar-refractivity contribution in [2.24, 2.45) is 5.92 Å². The predicted molar refractivity (Wildman–Crippen MR) is 108 cm³/mol. The minimum Gasteiger partial charge on any atom is -0.508 e. The largest absolute Gasteiger partial charge is 0.508 e. The van der Waals surface area contributed by atoms with E-state index >= 15 is 0 Å². The number of phenols is 1. The van der Waals surface area contributed by atoms with E-state index in [-0.39, 0.29) is 17.8 Å². The molecule has 1 saturated heterocycles. The summed E-state index contributed by atoms with van der Waals surface area (Å²) in [5.74, 6) is 0.989. The summed E-state index contributed by atoms with van der Waals surface area (Å²) in [5.41, 5.74) is 5.27. The molecule has 2 N–H and O–H groups in total. The third-order valence-electron chi connectivity index (χ3n) is 6.54. The molecule has 0 saturated carbocycles. The van der Waals surface area contributed by atoms with Gasteiger partial charge in [-0.2, -0.15) is 0 Å². The van der Waals surface area contributed by atoms with Gasteiger partial charge in [-0.15, -0.1) is 12.4 Å². The number of para-hydroxylation sites is 2. The summed E-state index contributed by atoms with van der Waals surface area (Å²) in [4.78, 5) is 6.13. The van der Waals surface area contributed by atoms with Crippen LogP contribution < -0.4 is 0 Å². The van der Waals surface area contributed by atoms with Crippen LogP contribution in [0.1, 0.15) is 23.2 Å². The van der Waals surface area contributed by atoms with Crippen LogP contribution in [0.25, 0.3) is 10.9 Å². The molecule has 1 aliphatic carbocycles. The molecule has 0 bridgehead atoms. The molecule has 5 rings (SSSR count). The van der Waals surface area contributed by atoms with Crippen molar-refractivity contribution in [3.05, 3.63) is 65.4 Å². The van der Waals surface area contributed by atoms with Gasteiger partial charge in [-0.3, -0.25) is 0 Å². The Morgan fingerprint density at radius 1 is 1.12 bits per heavy atom. The maximum atomic E-state index is 10.6. The fourth-order valence-corrected chi connectivity index (χ4v) is 5.28. The Morgan fingerprint density at radius 3 is 2.73 bits per heavy atom. The second-order valence-corrected chi connectivity index (χ2v) is 7.89. The van der Waals surface area contributed by atoms with E-state index < -0.39 is 0 Å². The number of rotatable bonds is 1. The Morgan fingerprint density at radius 2 is 1.88 bits per heavy atom. The number of aromatic amines is 1. The molecule has 1 fully saturated rings. The van der Waals surface area contributed by atoms with Crippen molar-refractivity contribution in [3.8, 4) is 5.75 Å². The van der Waals surface area contributed by atoms with Gasteiger partial charge < -0.3 is 15.0 Å². The van der Waals surface area contributed by atoms with E-state index in [9.17, 15) is 5.11 Å². The van der Waals surface area contributed by atoms with Crippen LogP contribution in [-0.2, 0) is 18.3 Å². The number of aromatic nitrogens is 1. The summed E-state index contributed by atoms with van der Waals surface area (Å²) in [6.07, 6.45) is 3.17. The Bertz CT molecular complexity index is 950. The molecule has 3 nitrogen and oxygen atoms in total. The third-order valence-corrected chi connectivity index (χ3v) is 6.54. The quantitative estimate of drug-likeness (QED) is 0.672. The highest BCUT2D eigenvalue weighted by atomic mass is 35.5. The maximum absolute atomic E-state index is 10.6. The van der Waals surface area contributed by atoms with Crippen molar-refractivity contribution in [3.63, 3.8) is 0 Å². The number of phenolic OH excluding ortho intramolecular Hbond substituents is 1. The molecule has 2 heterocycles. The molecule has 2 atom stereocenters. The van der Waals surface area contributed by atoms with Crippen LogP contribution >= 0.6 is 12.4 Å². The fraction of sp³-hybridized carbons (Fsp3) is 0.364. The van der Waals surface area contributed by atoms with Gasteiger partial charge >= 0.3 is 0 Å². The molecule has 0 spiro atoms. The zero-order valence-electron chi connectivity index (χ0n) is 15.0. The maximum Gasteiger partial charge on any atom is 0.119 e. The van der Waals surface area contributed by atoms with E-state index in [1.165, 1.54) is 22.2 Å². The van der Waals surface area contributed by atoms with Crippen molar-refractivity contribution in [1.29, 1.82) is 0 Å². The first-order valence-electron chi connectivity index (χ1n) is 9.23. The molecule has 0 amide bonds. The number of hydrogen-bond donors (Lipinski definition) is 2. The highest BCUT2D eigenvalue weighted by molar-refractivity contribution is 5.85. The van der Waals surface area contributed by atoms with Gasteiger partial charge in [-0.05, 0) is 56.5 Å². The number of benzene rings is 2. The summed E-state index contributed by atoms with van der Waals surface area (Å²) in [7, 11) is 2.22. The first kappa shape index (κ1) is 17.4. The molecule has 0 radical (unpaired) electrons. The van der Waals surface area contributed by atoms with E-state index in [1.807, 2.05) is 12.1 Å². The molecule has 3 aromatic rings.